The van der Waals surface area contributed by atoms with Crippen molar-refractivity contribution >= 4 is 34.0 Å². The van der Waals surface area contributed by atoms with Crippen LogP contribution in [0.3, 0.4) is 0 Å². The Labute approximate surface area is 126 Å². The first-order valence-electron chi connectivity index (χ1n) is 5.75. The number of halogens is 2. The van der Waals surface area contributed by atoms with Crippen LogP contribution in [0, 0.1) is 16.0 Å². The zero-order valence-corrected chi connectivity index (χ0v) is 13.2. The fraction of sp³-hybridized carbons (Fsp3) is 0.500. The standard InChI is InChI=1S/C12H17BrN2O3.ClH/c1-7(2)3-4-10(14)9-5-8(13)6-11(12(9)16)15(17)18;/h5-7,10,16H,3-4,14H2,1-2H3;1H/t10-;/m0./s1. The molecule has 1 aromatic carbocycles. The van der Waals surface area contributed by atoms with E-state index in [9.17, 15) is 15.2 Å². The van der Waals surface area contributed by atoms with Gasteiger partial charge in [0.05, 0.1) is 4.92 Å². The molecular formula is C12H18BrClN2O3. The number of nitro groups is 1. The molecule has 0 bridgehead atoms. The summed E-state index contributed by atoms with van der Waals surface area (Å²) in [5.41, 5.74) is 6.07. The molecule has 0 aliphatic rings. The smallest absolute Gasteiger partial charge is 0.312 e. The summed E-state index contributed by atoms with van der Waals surface area (Å²) in [5.74, 6) is 0.166. The lowest BCUT2D eigenvalue weighted by molar-refractivity contribution is -0.386. The highest BCUT2D eigenvalue weighted by Crippen LogP contribution is 2.37. The first-order chi connectivity index (χ1) is 8.32. The maximum atomic E-state index is 10.8. The van der Waals surface area contributed by atoms with E-state index in [4.69, 9.17) is 5.73 Å². The van der Waals surface area contributed by atoms with Crippen LogP contribution in [-0.2, 0) is 0 Å². The number of benzene rings is 1. The normalized spacial score (nSPS) is 12.1. The largest absolute Gasteiger partial charge is 0.502 e. The third-order valence-corrected chi connectivity index (χ3v) is 3.19. The van der Waals surface area contributed by atoms with E-state index in [1.165, 1.54) is 6.07 Å². The molecule has 0 radical (unpaired) electrons. The summed E-state index contributed by atoms with van der Waals surface area (Å²) in [6, 6.07) is 2.50. The average Bonchev–Trinajstić information content (AvgIpc) is 2.28. The molecule has 0 aliphatic carbocycles. The lowest BCUT2D eigenvalue weighted by atomic mass is 9.97. The van der Waals surface area contributed by atoms with E-state index in [1.807, 2.05) is 0 Å². The monoisotopic (exact) mass is 352 g/mol. The maximum Gasteiger partial charge on any atom is 0.312 e. The number of nitrogens with zero attached hydrogens (tertiary/aromatic N) is 1. The maximum absolute atomic E-state index is 10.8. The van der Waals surface area contributed by atoms with Crippen molar-refractivity contribution in [2.24, 2.45) is 11.7 Å². The molecule has 5 nitrogen and oxygen atoms in total. The Kier molecular flexibility index (Phi) is 7.33. The van der Waals surface area contributed by atoms with Gasteiger partial charge < -0.3 is 10.8 Å². The Morgan fingerprint density at radius 3 is 2.47 bits per heavy atom. The summed E-state index contributed by atoms with van der Waals surface area (Å²) >= 11 is 3.19. The van der Waals surface area contributed by atoms with E-state index >= 15 is 0 Å². The molecule has 0 unspecified atom stereocenters. The minimum atomic E-state index is -0.612. The van der Waals surface area contributed by atoms with E-state index in [-0.39, 0.29) is 23.8 Å². The molecule has 0 aliphatic heterocycles. The summed E-state index contributed by atoms with van der Waals surface area (Å²) in [6.07, 6.45) is 1.58. The summed E-state index contributed by atoms with van der Waals surface area (Å²) in [5, 5.41) is 20.7. The molecule has 0 saturated carbocycles. The van der Waals surface area contributed by atoms with Crippen molar-refractivity contribution in [2.45, 2.75) is 32.7 Å². The highest BCUT2D eigenvalue weighted by atomic mass is 79.9. The van der Waals surface area contributed by atoms with Gasteiger partial charge in [-0.2, -0.15) is 0 Å². The Morgan fingerprint density at radius 2 is 2.00 bits per heavy atom. The molecule has 3 N–H and O–H groups in total. The first-order valence-corrected chi connectivity index (χ1v) is 6.54. The lowest BCUT2D eigenvalue weighted by Crippen LogP contribution is -2.12. The van der Waals surface area contributed by atoms with Crippen LogP contribution in [0.1, 0.15) is 38.3 Å². The van der Waals surface area contributed by atoms with Gasteiger partial charge in [-0.15, -0.1) is 12.4 Å². The molecule has 0 heterocycles. The molecular weight excluding hydrogens is 336 g/mol. The lowest BCUT2D eigenvalue weighted by Gasteiger charge is -2.15. The van der Waals surface area contributed by atoms with Crippen LogP contribution in [0.5, 0.6) is 5.75 Å². The van der Waals surface area contributed by atoms with Gasteiger partial charge in [0.2, 0.25) is 0 Å². The zero-order valence-electron chi connectivity index (χ0n) is 10.8. The van der Waals surface area contributed by atoms with Crippen molar-refractivity contribution < 1.29 is 10.0 Å². The third kappa shape index (κ3) is 4.97. The molecule has 0 saturated heterocycles. The van der Waals surface area contributed by atoms with Gasteiger partial charge in [-0.3, -0.25) is 10.1 Å². The van der Waals surface area contributed by atoms with E-state index < -0.39 is 11.0 Å². The Hall–Kier alpha value is -0.850. The number of rotatable bonds is 5. The van der Waals surface area contributed by atoms with Crippen molar-refractivity contribution in [3.8, 4) is 5.75 Å². The molecule has 19 heavy (non-hydrogen) atoms. The predicted octanol–water partition coefficient (Wildman–Crippen LogP) is 3.92. The van der Waals surface area contributed by atoms with Crippen LogP contribution in [0.25, 0.3) is 0 Å². The van der Waals surface area contributed by atoms with E-state index in [0.29, 0.717) is 22.4 Å². The minimum Gasteiger partial charge on any atom is -0.502 e. The van der Waals surface area contributed by atoms with E-state index in [1.54, 1.807) is 6.07 Å². The van der Waals surface area contributed by atoms with Gasteiger partial charge in [0.15, 0.2) is 5.75 Å². The first kappa shape index (κ1) is 18.1. The van der Waals surface area contributed by atoms with Crippen molar-refractivity contribution in [2.75, 3.05) is 0 Å². The van der Waals surface area contributed by atoms with Crippen LogP contribution < -0.4 is 5.73 Å². The molecule has 7 heteroatoms. The van der Waals surface area contributed by atoms with Crippen LogP contribution >= 0.6 is 28.3 Å². The minimum absolute atomic E-state index is 0. The predicted molar refractivity (Wildman–Crippen MR) is 80.7 cm³/mol. The number of nitrogens with two attached hydrogens (primary N) is 1. The molecule has 0 amide bonds. The highest BCUT2D eigenvalue weighted by Gasteiger charge is 2.22. The summed E-state index contributed by atoms with van der Waals surface area (Å²) in [6.45, 7) is 4.16. The van der Waals surface area contributed by atoms with Crippen LogP contribution in [0.4, 0.5) is 5.69 Å². The summed E-state index contributed by atoms with van der Waals surface area (Å²) in [7, 11) is 0. The fourth-order valence-electron chi connectivity index (χ4n) is 1.70. The van der Waals surface area contributed by atoms with Crippen molar-refractivity contribution in [3.05, 3.63) is 32.3 Å². The van der Waals surface area contributed by atoms with Crippen molar-refractivity contribution in [1.82, 2.24) is 0 Å². The SMILES string of the molecule is CC(C)CC[C@H](N)c1cc(Br)cc([N+](=O)[O-])c1O.Cl. The molecule has 0 spiro atoms. The van der Waals surface area contributed by atoms with Gasteiger partial charge >= 0.3 is 5.69 Å². The highest BCUT2D eigenvalue weighted by molar-refractivity contribution is 9.10. The van der Waals surface area contributed by atoms with Crippen LogP contribution in [0.2, 0.25) is 0 Å². The number of nitro benzene ring substituents is 1. The number of aromatic hydroxyl groups is 1. The fourth-order valence-corrected chi connectivity index (χ4v) is 2.16. The topological polar surface area (TPSA) is 89.4 Å². The van der Waals surface area contributed by atoms with Gasteiger partial charge in [0.25, 0.3) is 0 Å². The molecule has 1 atom stereocenters. The summed E-state index contributed by atoms with van der Waals surface area (Å²) < 4.78 is 0.544. The Balaban J connectivity index is 0.00000324. The average molecular weight is 354 g/mol. The quantitative estimate of drug-likeness (QED) is 0.620. The van der Waals surface area contributed by atoms with Crippen molar-refractivity contribution in [3.63, 3.8) is 0 Å². The third-order valence-electron chi connectivity index (χ3n) is 2.74. The van der Waals surface area contributed by atoms with Gasteiger partial charge in [-0.1, -0.05) is 29.8 Å². The molecule has 108 valence electrons. The van der Waals surface area contributed by atoms with Gasteiger partial charge in [-0.05, 0) is 24.8 Å². The van der Waals surface area contributed by atoms with Gasteiger partial charge in [-0.25, -0.2) is 0 Å². The molecule has 1 aromatic rings. The second-order valence-corrected chi connectivity index (χ2v) is 5.61. The second kappa shape index (κ2) is 7.67. The molecule has 0 aromatic heterocycles. The zero-order chi connectivity index (χ0) is 13.9. The van der Waals surface area contributed by atoms with E-state index in [2.05, 4.69) is 29.8 Å². The number of phenols is 1. The second-order valence-electron chi connectivity index (χ2n) is 4.70. The van der Waals surface area contributed by atoms with Crippen LogP contribution in [-0.4, -0.2) is 10.0 Å². The summed E-state index contributed by atoms with van der Waals surface area (Å²) in [4.78, 5) is 10.2. The van der Waals surface area contributed by atoms with E-state index in [0.717, 1.165) is 6.42 Å². The Morgan fingerprint density at radius 1 is 1.42 bits per heavy atom. The number of hydrogen-bond acceptors (Lipinski definition) is 4. The van der Waals surface area contributed by atoms with Gasteiger partial charge in [0, 0.05) is 22.1 Å². The van der Waals surface area contributed by atoms with Crippen LogP contribution in [0.15, 0.2) is 16.6 Å². The van der Waals surface area contributed by atoms with Gasteiger partial charge in [0.1, 0.15) is 0 Å². The Bertz CT molecular complexity index is 455. The molecule has 0 fully saturated rings. The molecule has 1 rings (SSSR count). The van der Waals surface area contributed by atoms with Crippen molar-refractivity contribution in [1.29, 1.82) is 0 Å². The number of phenolic OH excluding ortho intramolecular Hbond substituents is 1. The number of hydrogen-bond donors (Lipinski definition) is 2.